The molecule has 0 fully saturated rings. The average molecular weight is 253 g/mol. The summed E-state index contributed by atoms with van der Waals surface area (Å²) >= 11 is 0. The number of rotatable bonds is 8. The van der Waals surface area contributed by atoms with Crippen LogP contribution in [0.4, 0.5) is 0 Å². The van der Waals surface area contributed by atoms with Gasteiger partial charge in [0.2, 0.25) is 0 Å². The minimum atomic E-state index is -3.16. The van der Waals surface area contributed by atoms with Crippen molar-refractivity contribution >= 4 is 8.80 Å². The summed E-state index contributed by atoms with van der Waals surface area (Å²) < 4.78 is 21.0. The first kappa shape index (κ1) is 15.9. The summed E-state index contributed by atoms with van der Waals surface area (Å²) in [6.07, 6.45) is 0.868. The highest BCUT2D eigenvalue weighted by molar-refractivity contribution is 6.63. The van der Waals surface area contributed by atoms with Crippen LogP contribution in [-0.2, 0) is 18.6 Å². The summed E-state index contributed by atoms with van der Waals surface area (Å²) in [4.78, 5) is 0. The maximum atomic E-state index is 5.53. The summed E-state index contributed by atoms with van der Waals surface area (Å²) in [6, 6.07) is 0. The molecule has 0 radical (unpaired) electrons. The van der Waals surface area contributed by atoms with Crippen molar-refractivity contribution in [3.05, 3.63) is 0 Å². The second-order valence-electron chi connectivity index (χ2n) is 3.46. The van der Waals surface area contributed by atoms with Crippen LogP contribution >= 0.6 is 0 Å². The molecule has 0 spiro atoms. The molecule has 0 aromatic rings. The average Bonchev–Trinajstić information content (AvgIpc) is 2.19. The Bertz CT molecular complexity index is 188. The van der Waals surface area contributed by atoms with Crippen LogP contribution < -0.4 is 16.2 Å². The van der Waals surface area contributed by atoms with E-state index in [2.05, 4.69) is 0 Å². The fraction of sp³-hybridized carbons (Fsp3) is 1.00. The molecule has 16 heavy (non-hydrogen) atoms. The first-order chi connectivity index (χ1) is 7.35. The van der Waals surface area contributed by atoms with Crippen molar-refractivity contribution in [2.45, 2.75) is 31.8 Å². The highest BCUT2D eigenvalue weighted by Crippen LogP contribution is 2.24. The second-order valence-corrected chi connectivity index (χ2v) is 5.41. The molecule has 7 nitrogen and oxygen atoms in total. The number of nitrogens with two attached hydrogens (primary N) is 3. The van der Waals surface area contributed by atoms with Crippen LogP contribution in [0.15, 0.2) is 0 Å². The summed E-state index contributed by atoms with van der Waals surface area (Å²) in [5, 5.41) is 16.6. The van der Waals surface area contributed by atoms with Gasteiger partial charge in [0, 0.05) is 21.3 Å². The van der Waals surface area contributed by atoms with Crippen LogP contribution in [0, 0.1) is 0 Å². The van der Waals surface area contributed by atoms with Gasteiger partial charge in [0.1, 0.15) is 6.10 Å². The van der Waals surface area contributed by atoms with Crippen molar-refractivity contribution in [2.24, 2.45) is 16.2 Å². The summed E-state index contributed by atoms with van der Waals surface area (Å²) in [5.41, 5.74) is 0. The number of hydrogen-bond acceptors (Lipinski definition) is 7. The molecule has 1 unspecified atom stereocenters. The third-order valence-electron chi connectivity index (χ3n) is 2.15. The molecule has 0 saturated heterocycles. The quantitative estimate of drug-likeness (QED) is 0.378. The summed E-state index contributed by atoms with van der Waals surface area (Å²) in [7, 11) is 1.19. The van der Waals surface area contributed by atoms with Crippen LogP contribution in [0.25, 0.3) is 0 Å². The van der Waals surface area contributed by atoms with Gasteiger partial charge in [-0.2, -0.15) is 0 Å². The monoisotopic (exact) mass is 253 g/mol. The van der Waals surface area contributed by atoms with E-state index >= 15 is 0 Å². The third kappa shape index (κ3) is 4.43. The minimum absolute atomic E-state index is 0.566. The Morgan fingerprint density at radius 3 is 1.75 bits per heavy atom. The minimum Gasteiger partial charge on any atom is -0.369 e. The molecular weight excluding hydrogens is 230 g/mol. The fourth-order valence-electron chi connectivity index (χ4n) is 1.46. The first-order valence-electron chi connectivity index (χ1n) is 5.05. The molecule has 0 bridgehead atoms. The molecule has 6 N–H and O–H groups in total. The number of methoxy groups -OCH3 is 3. The van der Waals surface area contributed by atoms with Crippen LogP contribution in [-0.4, -0.2) is 42.2 Å². The van der Waals surface area contributed by atoms with Gasteiger partial charge < -0.3 is 34.8 Å². The molecule has 0 amide bonds. The van der Waals surface area contributed by atoms with E-state index in [9.17, 15) is 0 Å². The van der Waals surface area contributed by atoms with E-state index < -0.39 is 20.9 Å². The lowest BCUT2D eigenvalue weighted by molar-refractivity contribution is -0.386. The predicted molar refractivity (Wildman–Crippen MR) is 61.9 cm³/mol. The highest BCUT2D eigenvalue weighted by atomic mass is 28.4. The molecule has 0 aliphatic rings. The lowest BCUT2D eigenvalue weighted by Gasteiger charge is -2.38. The maximum absolute atomic E-state index is 5.53. The second kappa shape index (κ2) is 6.62. The molecule has 1 atom stereocenters. The van der Waals surface area contributed by atoms with E-state index in [1.165, 1.54) is 21.3 Å². The Kier molecular flexibility index (Phi) is 6.59. The normalized spacial score (nSPS) is 15.2. The van der Waals surface area contributed by atoms with E-state index in [0.29, 0.717) is 6.42 Å². The van der Waals surface area contributed by atoms with Gasteiger partial charge in [-0.3, -0.25) is 0 Å². The van der Waals surface area contributed by atoms with Crippen LogP contribution in [0.1, 0.15) is 19.8 Å². The van der Waals surface area contributed by atoms with Crippen molar-refractivity contribution in [1.29, 1.82) is 0 Å². The number of ether oxygens (including phenoxy) is 3. The van der Waals surface area contributed by atoms with Gasteiger partial charge in [0.15, 0.2) is 0 Å². The zero-order valence-electron chi connectivity index (χ0n) is 10.4. The molecule has 0 saturated carbocycles. The third-order valence-corrected chi connectivity index (χ3v) is 2.84. The zero-order valence-corrected chi connectivity index (χ0v) is 11.4. The van der Waals surface area contributed by atoms with Crippen molar-refractivity contribution < 1.29 is 18.6 Å². The summed E-state index contributed by atoms with van der Waals surface area (Å²) in [5.74, 6) is -1.33. The van der Waals surface area contributed by atoms with Gasteiger partial charge in [-0.15, -0.1) is 0 Å². The largest absolute Gasteiger partial charge is 0.432 e. The van der Waals surface area contributed by atoms with E-state index in [1.807, 2.05) is 6.92 Å². The van der Waals surface area contributed by atoms with E-state index in [1.54, 1.807) is 0 Å². The van der Waals surface area contributed by atoms with Crippen molar-refractivity contribution in [1.82, 2.24) is 0 Å². The van der Waals surface area contributed by atoms with Gasteiger partial charge in [-0.05, 0) is 6.42 Å². The molecule has 98 valence electrons. The molecule has 0 aliphatic carbocycles. The predicted octanol–water partition coefficient (Wildman–Crippen LogP) is -0.924. The van der Waals surface area contributed by atoms with E-state index in [0.717, 1.165) is 6.42 Å². The van der Waals surface area contributed by atoms with Gasteiger partial charge >= 0.3 is 14.8 Å². The Hall–Kier alpha value is -0.0631. The maximum Gasteiger partial charge on any atom is 0.432 e. The standard InChI is InChI=1S/C8H23N3O4Si/c1-5-6-7(15-16(9,10)11)8(12-2,13-3)14-4/h7H,5-6,9-11H2,1-4H3. The zero-order chi connectivity index (χ0) is 12.8. The Balaban J connectivity index is 4.84. The molecule has 0 rings (SSSR count). The van der Waals surface area contributed by atoms with Crippen molar-refractivity contribution in [3.8, 4) is 0 Å². The van der Waals surface area contributed by atoms with Crippen molar-refractivity contribution in [3.63, 3.8) is 0 Å². The fourth-order valence-corrected chi connectivity index (χ4v) is 2.22. The van der Waals surface area contributed by atoms with E-state index in [-0.39, 0.29) is 0 Å². The molecule has 0 aromatic carbocycles. The lowest BCUT2D eigenvalue weighted by atomic mass is 10.2. The Labute approximate surface area is 97.5 Å². The van der Waals surface area contributed by atoms with E-state index in [4.69, 9.17) is 34.8 Å². The van der Waals surface area contributed by atoms with Gasteiger partial charge in [0.25, 0.3) is 0 Å². The smallest absolute Gasteiger partial charge is 0.369 e. The Morgan fingerprint density at radius 1 is 1.06 bits per heavy atom. The lowest BCUT2D eigenvalue weighted by Crippen LogP contribution is -2.70. The van der Waals surface area contributed by atoms with Gasteiger partial charge in [-0.1, -0.05) is 13.3 Å². The van der Waals surface area contributed by atoms with Gasteiger partial charge in [0.05, 0.1) is 0 Å². The number of hydrogen-bond donors (Lipinski definition) is 3. The topological polar surface area (TPSA) is 115 Å². The van der Waals surface area contributed by atoms with Crippen LogP contribution in [0.5, 0.6) is 0 Å². The molecule has 0 heterocycles. The highest BCUT2D eigenvalue weighted by Gasteiger charge is 2.44. The molecule has 0 aromatic heterocycles. The molecule has 8 heteroatoms. The Morgan fingerprint density at radius 2 is 1.50 bits per heavy atom. The SMILES string of the molecule is CCCC(O[Si](N)(N)N)C(OC)(OC)OC. The van der Waals surface area contributed by atoms with Crippen LogP contribution in [0.3, 0.4) is 0 Å². The molecular formula is C8H23N3O4Si. The van der Waals surface area contributed by atoms with Gasteiger partial charge in [-0.25, -0.2) is 0 Å². The first-order valence-corrected chi connectivity index (χ1v) is 7.19. The van der Waals surface area contributed by atoms with Crippen molar-refractivity contribution in [2.75, 3.05) is 21.3 Å². The van der Waals surface area contributed by atoms with Crippen LogP contribution in [0.2, 0.25) is 0 Å². The molecule has 0 aliphatic heterocycles. The summed E-state index contributed by atoms with van der Waals surface area (Å²) in [6.45, 7) is 1.98.